The van der Waals surface area contributed by atoms with E-state index in [1.807, 2.05) is 0 Å². The maximum absolute atomic E-state index is 13.1. The summed E-state index contributed by atoms with van der Waals surface area (Å²) < 4.78 is 28.3. The number of amides is 1. The summed E-state index contributed by atoms with van der Waals surface area (Å²) in [6, 6.07) is 10.0. The van der Waals surface area contributed by atoms with Crippen molar-refractivity contribution in [1.29, 1.82) is 0 Å². The minimum absolute atomic E-state index is 0.105. The second-order valence-electron chi connectivity index (χ2n) is 7.54. The van der Waals surface area contributed by atoms with Crippen molar-refractivity contribution in [3.05, 3.63) is 70.1 Å². The van der Waals surface area contributed by atoms with Crippen LogP contribution in [0.25, 0.3) is 21.5 Å². The van der Waals surface area contributed by atoms with Crippen LogP contribution in [0.1, 0.15) is 9.67 Å². The smallest absolute Gasteiger partial charge is 0.265 e. The maximum Gasteiger partial charge on any atom is 0.265 e. The van der Waals surface area contributed by atoms with E-state index in [-0.39, 0.29) is 37.1 Å². The number of hydrogen-bond acceptors (Lipinski definition) is 6. The third-order valence-electron chi connectivity index (χ3n) is 5.47. The minimum Gasteiger partial charge on any atom is -0.619 e. The van der Waals surface area contributed by atoms with Gasteiger partial charge in [0.25, 0.3) is 15.9 Å². The number of rotatable bonds is 4. The van der Waals surface area contributed by atoms with Gasteiger partial charge >= 0.3 is 0 Å². The molecule has 1 amide bonds. The average Bonchev–Trinajstić information content (AvgIpc) is 3.47. The highest BCUT2D eigenvalue weighted by atomic mass is 35.5. The number of piperazine rings is 1. The lowest BCUT2D eigenvalue weighted by Crippen LogP contribution is -2.50. The number of pyridine rings is 1. The van der Waals surface area contributed by atoms with Gasteiger partial charge in [0.1, 0.15) is 14.9 Å². The number of sulfonamides is 1. The summed E-state index contributed by atoms with van der Waals surface area (Å²) in [7, 11) is -3.73. The highest BCUT2D eigenvalue weighted by molar-refractivity contribution is 7.89. The Hall–Kier alpha value is -2.99. The van der Waals surface area contributed by atoms with E-state index in [1.54, 1.807) is 41.3 Å². The van der Waals surface area contributed by atoms with E-state index in [2.05, 4.69) is 9.97 Å². The summed E-state index contributed by atoms with van der Waals surface area (Å²) in [6.07, 6.45) is 4.26. The summed E-state index contributed by atoms with van der Waals surface area (Å²) in [4.78, 5) is 22.3. The van der Waals surface area contributed by atoms with Gasteiger partial charge in [0.15, 0.2) is 12.4 Å². The van der Waals surface area contributed by atoms with E-state index >= 15 is 0 Å². The van der Waals surface area contributed by atoms with Crippen LogP contribution in [0.5, 0.6) is 0 Å². The average molecular weight is 504 g/mol. The van der Waals surface area contributed by atoms with Crippen molar-refractivity contribution < 1.29 is 17.9 Å². The zero-order valence-electron chi connectivity index (χ0n) is 17.1. The molecule has 1 aromatic carbocycles. The van der Waals surface area contributed by atoms with E-state index in [9.17, 15) is 18.4 Å². The van der Waals surface area contributed by atoms with E-state index in [0.29, 0.717) is 25.2 Å². The molecule has 0 bridgehead atoms. The number of carbonyl (C=O) groups is 1. The third-order valence-corrected chi connectivity index (χ3v) is 8.56. The van der Waals surface area contributed by atoms with Crippen molar-refractivity contribution in [2.75, 3.05) is 26.2 Å². The Morgan fingerprint density at radius 1 is 1.12 bits per heavy atom. The normalized spacial score (nSPS) is 15.2. The van der Waals surface area contributed by atoms with Crippen molar-refractivity contribution in [2.24, 2.45) is 0 Å². The lowest BCUT2D eigenvalue weighted by Gasteiger charge is -2.33. The van der Waals surface area contributed by atoms with Crippen LogP contribution < -0.4 is 4.73 Å². The van der Waals surface area contributed by atoms with Gasteiger partial charge in [0.05, 0.1) is 6.20 Å². The monoisotopic (exact) mass is 503 g/mol. The molecule has 1 saturated heterocycles. The molecule has 9 nitrogen and oxygen atoms in total. The molecule has 5 rings (SSSR count). The highest BCUT2D eigenvalue weighted by Crippen LogP contribution is 2.27. The number of carbonyl (C=O) groups excluding carboxylic acids is 1. The quantitative estimate of drug-likeness (QED) is 0.340. The lowest BCUT2D eigenvalue weighted by molar-refractivity contribution is -0.605. The van der Waals surface area contributed by atoms with Gasteiger partial charge in [-0.2, -0.15) is 9.04 Å². The van der Waals surface area contributed by atoms with E-state index in [0.717, 1.165) is 10.9 Å². The predicted octanol–water partition coefficient (Wildman–Crippen LogP) is 2.72. The minimum atomic E-state index is -3.73. The van der Waals surface area contributed by atoms with Crippen molar-refractivity contribution in [2.45, 2.75) is 5.03 Å². The first-order chi connectivity index (χ1) is 15.8. The van der Waals surface area contributed by atoms with Gasteiger partial charge in [-0.1, -0.05) is 11.6 Å². The number of nitrogens with zero attached hydrogens (tertiary/aromatic N) is 4. The highest BCUT2D eigenvalue weighted by Gasteiger charge is 2.32. The number of aromatic nitrogens is 3. The van der Waals surface area contributed by atoms with Gasteiger partial charge in [0.2, 0.25) is 0 Å². The summed E-state index contributed by atoms with van der Waals surface area (Å²) in [5, 5.41) is 13.2. The molecule has 1 aliphatic heterocycles. The number of fused-ring (bicyclic) bond motifs is 1. The Morgan fingerprint density at radius 3 is 2.58 bits per heavy atom. The van der Waals surface area contributed by atoms with Crippen LogP contribution in [-0.2, 0) is 10.0 Å². The Morgan fingerprint density at radius 2 is 1.85 bits per heavy atom. The largest absolute Gasteiger partial charge is 0.619 e. The fraction of sp³-hybridized carbons (Fsp3) is 0.190. The molecule has 1 N–H and O–H groups in total. The zero-order chi connectivity index (χ0) is 23.2. The number of H-pyrrole nitrogens is 1. The van der Waals surface area contributed by atoms with Crippen molar-refractivity contribution >= 4 is 49.8 Å². The van der Waals surface area contributed by atoms with Crippen LogP contribution in [0.3, 0.4) is 0 Å². The molecule has 33 heavy (non-hydrogen) atoms. The summed E-state index contributed by atoms with van der Waals surface area (Å²) >= 11 is 7.24. The number of benzene rings is 1. The molecule has 12 heteroatoms. The second kappa shape index (κ2) is 8.41. The molecule has 0 aliphatic carbocycles. The Bertz CT molecular complexity index is 1440. The van der Waals surface area contributed by atoms with Crippen molar-refractivity contribution in [3.8, 4) is 10.6 Å². The zero-order valence-corrected chi connectivity index (χ0v) is 19.5. The van der Waals surface area contributed by atoms with Crippen LogP contribution in [0.2, 0.25) is 5.02 Å². The van der Waals surface area contributed by atoms with Crippen LogP contribution in [-0.4, -0.2) is 59.7 Å². The van der Waals surface area contributed by atoms with Crippen LogP contribution in [0, 0.1) is 5.21 Å². The van der Waals surface area contributed by atoms with Crippen LogP contribution >= 0.6 is 22.9 Å². The summed E-state index contributed by atoms with van der Waals surface area (Å²) in [5.74, 6) is -0.189. The SMILES string of the molecule is O=C(c1cnc(-c2cc[n+]([O-])cc2)s1)N1CCN(S(=O)(=O)c2cc3cc(Cl)ccc3[nH]2)CC1. The molecule has 0 saturated carbocycles. The van der Waals surface area contributed by atoms with Gasteiger partial charge < -0.3 is 15.1 Å². The van der Waals surface area contributed by atoms with Crippen molar-refractivity contribution in [3.63, 3.8) is 0 Å². The topological polar surface area (TPSA) is 113 Å². The molecule has 0 radical (unpaired) electrons. The number of nitrogens with one attached hydrogen (secondary N) is 1. The van der Waals surface area contributed by atoms with Gasteiger partial charge in [-0.05, 0) is 24.3 Å². The van der Waals surface area contributed by atoms with Crippen molar-refractivity contribution in [1.82, 2.24) is 19.2 Å². The molecule has 0 unspecified atom stereocenters. The standard InChI is InChI=1S/C21H18ClN5O4S2/c22-16-1-2-17-15(11-16)12-19(24-17)33(30,31)27-9-7-25(8-10-27)21(28)18-13-23-20(32-18)14-3-5-26(29)6-4-14/h1-6,11-13,24H,7-10H2. The van der Waals surface area contributed by atoms with Gasteiger partial charge in [-0.3, -0.25) is 4.79 Å². The first-order valence-electron chi connectivity index (χ1n) is 10.0. The first-order valence-corrected chi connectivity index (χ1v) is 12.7. The summed E-state index contributed by atoms with van der Waals surface area (Å²) in [6.45, 7) is 0.938. The van der Waals surface area contributed by atoms with E-state index in [1.165, 1.54) is 34.2 Å². The molecule has 1 fully saturated rings. The molecule has 4 aromatic rings. The molecule has 3 aromatic heterocycles. The Kier molecular flexibility index (Phi) is 5.57. The maximum atomic E-state index is 13.1. The number of halogens is 1. The molecular formula is C21H18ClN5O4S2. The Labute approximate surface area is 198 Å². The number of aromatic amines is 1. The predicted molar refractivity (Wildman–Crippen MR) is 124 cm³/mol. The molecular weight excluding hydrogens is 486 g/mol. The fourth-order valence-corrected chi connectivity index (χ4v) is 6.21. The number of hydrogen-bond donors (Lipinski definition) is 1. The van der Waals surface area contributed by atoms with E-state index in [4.69, 9.17) is 11.6 Å². The van der Waals surface area contributed by atoms with Gasteiger partial charge in [-0.25, -0.2) is 13.4 Å². The lowest BCUT2D eigenvalue weighted by atomic mass is 10.2. The first kappa shape index (κ1) is 21.8. The molecule has 0 spiro atoms. The van der Waals surface area contributed by atoms with E-state index < -0.39 is 10.0 Å². The summed E-state index contributed by atoms with van der Waals surface area (Å²) in [5.41, 5.74) is 1.44. The molecule has 1 aliphatic rings. The number of thiazole rings is 1. The molecule has 4 heterocycles. The van der Waals surface area contributed by atoms with Crippen LogP contribution in [0.4, 0.5) is 0 Å². The molecule has 170 valence electrons. The molecule has 0 atom stereocenters. The van der Waals surface area contributed by atoms with Gasteiger partial charge in [-0.15, -0.1) is 11.3 Å². The third kappa shape index (κ3) is 4.20. The Balaban J connectivity index is 1.27. The van der Waals surface area contributed by atoms with Gasteiger partial charge in [0, 0.05) is 59.8 Å². The fourth-order valence-electron chi connectivity index (χ4n) is 3.70. The van der Waals surface area contributed by atoms with Crippen LogP contribution in [0.15, 0.2) is 60.0 Å². The second-order valence-corrected chi connectivity index (χ2v) is 10.9.